The van der Waals surface area contributed by atoms with Gasteiger partial charge in [0.25, 0.3) is 0 Å². The molecule has 10 heavy (non-hydrogen) atoms. The van der Waals surface area contributed by atoms with E-state index in [4.69, 9.17) is 10.8 Å². The summed E-state index contributed by atoms with van der Waals surface area (Å²) in [7, 11) is 0. The number of hydrogen-bond donors (Lipinski definition) is 2. The van der Waals surface area contributed by atoms with Gasteiger partial charge in [0.05, 0.1) is 0 Å². The molecule has 0 saturated heterocycles. The Morgan fingerprint density at radius 1 is 1.80 bits per heavy atom. The van der Waals surface area contributed by atoms with E-state index in [0.717, 1.165) is 0 Å². The zero-order chi connectivity index (χ0) is 8.15. The minimum absolute atomic E-state index is 0.0519. The van der Waals surface area contributed by atoms with Gasteiger partial charge in [0.2, 0.25) is 0 Å². The molecule has 0 radical (unpaired) electrons. The second-order valence-corrected chi connectivity index (χ2v) is 2.42. The highest BCUT2D eigenvalue weighted by Crippen LogP contribution is 2.03. The van der Waals surface area contributed by atoms with Crippen molar-refractivity contribution in [1.29, 1.82) is 0 Å². The summed E-state index contributed by atoms with van der Waals surface area (Å²) >= 11 is 0. The smallest absolute Gasteiger partial charge is 0.330 e. The van der Waals surface area contributed by atoms with Gasteiger partial charge in [-0.25, -0.2) is 4.79 Å². The molecular formula is C7H13NO2. The fourth-order valence-corrected chi connectivity index (χ4v) is 0.509. The van der Waals surface area contributed by atoms with E-state index in [1.807, 2.05) is 6.92 Å². The zero-order valence-corrected chi connectivity index (χ0v) is 6.13. The van der Waals surface area contributed by atoms with Crippen LogP contribution in [-0.4, -0.2) is 17.1 Å². The van der Waals surface area contributed by atoms with Crippen LogP contribution in [0.25, 0.3) is 0 Å². The van der Waals surface area contributed by atoms with Gasteiger partial charge < -0.3 is 10.8 Å². The van der Waals surface area contributed by atoms with Crippen LogP contribution in [0, 0.1) is 0 Å². The molecule has 0 saturated carbocycles. The molecule has 0 aromatic carbocycles. The maximum absolute atomic E-state index is 10.2. The molecule has 3 N–H and O–H groups in total. The van der Waals surface area contributed by atoms with Crippen LogP contribution in [0.5, 0.6) is 0 Å². The highest BCUT2D eigenvalue weighted by atomic mass is 16.4. The molecule has 1 atom stereocenters. The molecule has 0 heterocycles. The second kappa shape index (κ2) is 4.06. The second-order valence-electron chi connectivity index (χ2n) is 2.42. The zero-order valence-electron chi connectivity index (χ0n) is 6.13. The molecule has 0 aromatic heterocycles. The molecule has 0 fully saturated rings. The largest absolute Gasteiger partial charge is 0.478 e. The Hall–Kier alpha value is -0.830. The Morgan fingerprint density at radius 3 is 2.60 bits per heavy atom. The van der Waals surface area contributed by atoms with E-state index >= 15 is 0 Å². The monoisotopic (exact) mass is 143 g/mol. The van der Waals surface area contributed by atoms with E-state index in [1.165, 1.54) is 0 Å². The molecule has 0 rings (SSSR count). The summed E-state index contributed by atoms with van der Waals surface area (Å²) in [5, 5.41) is 8.35. The SMILES string of the molecule is C=C(CCC(C)N)C(=O)O. The van der Waals surface area contributed by atoms with Crippen LogP contribution in [0.3, 0.4) is 0 Å². The summed E-state index contributed by atoms with van der Waals surface area (Å²) in [6, 6.07) is 0.0519. The minimum atomic E-state index is -0.930. The van der Waals surface area contributed by atoms with E-state index < -0.39 is 5.97 Å². The summed E-state index contributed by atoms with van der Waals surface area (Å²) in [6.07, 6.45) is 1.16. The van der Waals surface area contributed by atoms with E-state index in [-0.39, 0.29) is 11.6 Å². The van der Waals surface area contributed by atoms with Gasteiger partial charge in [-0.05, 0) is 19.8 Å². The molecule has 0 aliphatic carbocycles. The maximum atomic E-state index is 10.2. The topological polar surface area (TPSA) is 63.3 Å². The number of aliphatic carboxylic acids is 1. The lowest BCUT2D eigenvalue weighted by molar-refractivity contribution is -0.132. The number of carboxylic acids is 1. The Labute approximate surface area is 60.5 Å². The van der Waals surface area contributed by atoms with E-state index in [0.29, 0.717) is 12.8 Å². The summed E-state index contributed by atoms with van der Waals surface area (Å²) in [6.45, 7) is 5.21. The first-order chi connectivity index (χ1) is 4.54. The molecule has 0 aromatic rings. The summed E-state index contributed by atoms with van der Waals surface area (Å²) in [4.78, 5) is 10.2. The molecule has 0 bridgehead atoms. The van der Waals surface area contributed by atoms with Crippen LogP contribution >= 0.6 is 0 Å². The van der Waals surface area contributed by atoms with Crippen molar-refractivity contribution in [3.63, 3.8) is 0 Å². The summed E-state index contributed by atoms with van der Waals surface area (Å²) in [5.41, 5.74) is 5.64. The summed E-state index contributed by atoms with van der Waals surface area (Å²) < 4.78 is 0. The van der Waals surface area contributed by atoms with Gasteiger partial charge >= 0.3 is 5.97 Å². The third-order valence-corrected chi connectivity index (χ3v) is 1.20. The molecule has 3 nitrogen and oxygen atoms in total. The van der Waals surface area contributed by atoms with E-state index in [1.54, 1.807) is 0 Å². The first-order valence-corrected chi connectivity index (χ1v) is 3.20. The van der Waals surface area contributed by atoms with Crippen molar-refractivity contribution in [1.82, 2.24) is 0 Å². The van der Waals surface area contributed by atoms with Crippen molar-refractivity contribution in [2.75, 3.05) is 0 Å². The van der Waals surface area contributed by atoms with Crippen LogP contribution in [0.15, 0.2) is 12.2 Å². The van der Waals surface area contributed by atoms with E-state index in [2.05, 4.69) is 6.58 Å². The Kier molecular flexibility index (Phi) is 3.72. The Balaban J connectivity index is 3.50. The van der Waals surface area contributed by atoms with Crippen molar-refractivity contribution in [3.05, 3.63) is 12.2 Å². The molecule has 1 unspecified atom stereocenters. The number of rotatable bonds is 4. The lowest BCUT2D eigenvalue weighted by Crippen LogP contribution is -2.15. The molecular weight excluding hydrogens is 130 g/mol. The predicted octanol–water partition coefficient (Wildman–Crippen LogP) is 0.755. The molecule has 0 spiro atoms. The van der Waals surface area contributed by atoms with Crippen molar-refractivity contribution in [3.8, 4) is 0 Å². The fourth-order valence-electron chi connectivity index (χ4n) is 0.509. The van der Waals surface area contributed by atoms with Crippen LogP contribution in [0.1, 0.15) is 19.8 Å². The first-order valence-electron chi connectivity index (χ1n) is 3.20. The standard InChI is InChI=1S/C7H13NO2/c1-5(7(9)10)3-4-6(2)8/h6H,1,3-4,8H2,2H3,(H,9,10). The molecule has 0 aliphatic heterocycles. The van der Waals surface area contributed by atoms with Crippen LogP contribution in [0.2, 0.25) is 0 Å². The van der Waals surface area contributed by atoms with Crippen LogP contribution in [-0.2, 0) is 4.79 Å². The van der Waals surface area contributed by atoms with Gasteiger partial charge in [0, 0.05) is 11.6 Å². The van der Waals surface area contributed by atoms with Gasteiger partial charge in [-0.2, -0.15) is 0 Å². The number of carboxylic acid groups (broad SMARTS) is 1. The Morgan fingerprint density at radius 2 is 2.30 bits per heavy atom. The van der Waals surface area contributed by atoms with Crippen LogP contribution in [0.4, 0.5) is 0 Å². The summed E-state index contributed by atoms with van der Waals surface area (Å²) in [5.74, 6) is -0.930. The Bertz CT molecular complexity index is 141. The first kappa shape index (κ1) is 9.17. The van der Waals surface area contributed by atoms with Crippen LogP contribution < -0.4 is 5.73 Å². The quantitative estimate of drug-likeness (QED) is 0.571. The predicted molar refractivity (Wildman–Crippen MR) is 39.7 cm³/mol. The minimum Gasteiger partial charge on any atom is -0.478 e. The lowest BCUT2D eigenvalue weighted by Gasteiger charge is -2.02. The average Bonchev–Trinajstić information content (AvgIpc) is 1.82. The van der Waals surface area contributed by atoms with Gasteiger partial charge in [-0.15, -0.1) is 0 Å². The molecule has 0 amide bonds. The van der Waals surface area contributed by atoms with Crippen molar-refractivity contribution in [2.45, 2.75) is 25.8 Å². The highest BCUT2D eigenvalue weighted by molar-refractivity contribution is 5.85. The average molecular weight is 143 g/mol. The number of nitrogens with two attached hydrogens (primary N) is 1. The van der Waals surface area contributed by atoms with Gasteiger partial charge in [0.1, 0.15) is 0 Å². The van der Waals surface area contributed by atoms with Crippen molar-refractivity contribution < 1.29 is 9.90 Å². The van der Waals surface area contributed by atoms with Crippen molar-refractivity contribution >= 4 is 5.97 Å². The highest BCUT2D eigenvalue weighted by Gasteiger charge is 2.03. The normalized spacial score (nSPS) is 12.6. The number of carbonyl (C=O) groups is 1. The fraction of sp³-hybridized carbons (Fsp3) is 0.571. The van der Waals surface area contributed by atoms with E-state index in [9.17, 15) is 4.79 Å². The lowest BCUT2D eigenvalue weighted by atomic mass is 10.1. The number of hydrogen-bond acceptors (Lipinski definition) is 2. The third-order valence-electron chi connectivity index (χ3n) is 1.20. The van der Waals surface area contributed by atoms with Crippen molar-refractivity contribution in [2.24, 2.45) is 5.73 Å². The van der Waals surface area contributed by atoms with Gasteiger partial charge in [-0.3, -0.25) is 0 Å². The van der Waals surface area contributed by atoms with Gasteiger partial charge in [-0.1, -0.05) is 6.58 Å². The molecule has 0 aliphatic rings. The van der Waals surface area contributed by atoms with Gasteiger partial charge in [0.15, 0.2) is 0 Å². The molecule has 3 heteroatoms. The maximum Gasteiger partial charge on any atom is 0.330 e. The third kappa shape index (κ3) is 4.09. The molecule has 58 valence electrons.